The van der Waals surface area contributed by atoms with Gasteiger partial charge in [-0.25, -0.2) is 0 Å². The molecule has 1 aliphatic rings. The molecule has 1 aromatic heterocycles. The smallest absolute Gasteiger partial charge is 0.231 e. The number of nitriles is 2. The van der Waals surface area contributed by atoms with Crippen LogP contribution >= 0.6 is 11.3 Å². The van der Waals surface area contributed by atoms with E-state index in [1.165, 1.54) is 11.3 Å². The van der Waals surface area contributed by atoms with Gasteiger partial charge in [0.2, 0.25) is 6.79 Å². The molecule has 4 nitrogen and oxygen atoms in total. The molecule has 1 aliphatic heterocycles. The first-order valence-electron chi connectivity index (χ1n) is 6.48. The standard InChI is InChI=1S/C17H10N2O2S/c18-9-13(10-19)14(17-2-1-7-22-17)5-3-12-4-6-15-16(8-12)21-11-20-15/h1-8H,11H2/b5-3+. The van der Waals surface area contributed by atoms with Crippen LogP contribution in [0.2, 0.25) is 0 Å². The van der Waals surface area contributed by atoms with Crippen molar-refractivity contribution < 1.29 is 9.47 Å². The summed E-state index contributed by atoms with van der Waals surface area (Å²) in [5, 5.41) is 20.2. The zero-order valence-corrected chi connectivity index (χ0v) is 12.3. The summed E-state index contributed by atoms with van der Waals surface area (Å²) >= 11 is 1.49. The average molecular weight is 306 g/mol. The monoisotopic (exact) mass is 306 g/mol. The lowest BCUT2D eigenvalue weighted by Crippen LogP contribution is -1.92. The van der Waals surface area contributed by atoms with E-state index in [2.05, 4.69) is 0 Å². The molecule has 0 spiro atoms. The van der Waals surface area contributed by atoms with Crippen molar-refractivity contribution in [1.82, 2.24) is 0 Å². The third-order valence-corrected chi connectivity index (χ3v) is 4.02. The van der Waals surface area contributed by atoms with Gasteiger partial charge in [-0.15, -0.1) is 11.3 Å². The summed E-state index contributed by atoms with van der Waals surface area (Å²) in [5.74, 6) is 1.42. The van der Waals surface area contributed by atoms with Crippen molar-refractivity contribution in [3.8, 4) is 23.6 Å². The number of fused-ring (bicyclic) bond motifs is 1. The van der Waals surface area contributed by atoms with Crippen LogP contribution in [0.1, 0.15) is 10.4 Å². The molecule has 0 bridgehead atoms. The molecule has 0 fully saturated rings. The summed E-state index contributed by atoms with van der Waals surface area (Å²) in [6.45, 7) is 0.232. The van der Waals surface area contributed by atoms with Crippen molar-refractivity contribution in [1.29, 1.82) is 10.5 Å². The van der Waals surface area contributed by atoms with E-state index in [-0.39, 0.29) is 12.4 Å². The van der Waals surface area contributed by atoms with Gasteiger partial charge in [0.25, 0.3) is 0 Å². The van der Waals surface area contributed by atoms with Gasteiger partial charge >= 0.3 is 0 Å². The highest BCUT2D eigenvalue weighted by molar-refractivity contribution is 7.11. The summed E-state index contributed by atoms with van der Waals surface area (Å²) < 4.78 is 10.6. The molecule has 22 heavy (non-hydrogen) atoms. The van der Waals surface area contributed by atoms with Crippen molar-refractivity contribution in [3.05, 3.63) is 57.8 Å². The van der Waals surface area contributed by atoms with E-state index in [9.17, 15) is 0 Å². The molecule has 0 saturated carbocycles. The number of nitrogens with zero attached hydrogens (tertiary/aromatic N) is 2. The minimum atomic E-state index is 0.0967. The van der Waals surface area contributed by atoms with Gasteiger partial charge in [0.05, 0.1) is 0 Å². The second-order valence-corrected chi connectivity index (χ2v) is 5.38. The summed E-state index contributed by atoms with van der Waals surface area (Å²) in [5.41, 5.74) is 1.63. The van der Waals surface area contributed by atoms with E-state index in [0.29, 0.717) is 11.3 Å². The Labute approximate surface area is 131 Å². The molecule has 0 atom stereocenters. The summed E-state index contributed by atoms with van der Waals surface area (Å²) in [7, 11) is 0. The van der Waals surface area contributed by atoms with Gasteiger partial charge in [0.15, 0.2) is 11.5 Å². The van der Waals surface area contributed by atoms with Crippen molar-refractivity contribution in [2.75, 3.05) is 6.79 Å². The second-order valence-electron chi connectivity index (χ2n) is 4.44. The first kappa shape index (κ1) is 13.9. The largest absolute Gasteiger partial charge is 0.454 e. The molecule has 2 heterocycles. The molecule has 1 aromatic carbocycles. The zero-order valence-electron chi connectivity index (χ0n) is 11.4. The molecule has 5 heteroatoms. The first-order chi connectivity index (χ1) is 10.8. The summed E-state index contributed by atoms with van der Waals surface area (Å²) in [6, 6.07) is 13.3. The maximum atomic E-state index is 9.12. The number of hydrogen-bond acceptors (Lipinski definition) is 5. The van der Waals surface area contributed by atoms with Crippen LogP contribution in [0.25, 0.3) is 11.6 Å². The van der Waals surface area contributed by atoms with E-state index in [0.717, 1.165) is 16.2 Å². The van der Waals surface area contributed by atoms with Crippen molar-refractivity contribution in [2.45, 2.75) is 0 Å². The molecule has 0 saturated heterocycles. The number of thiophene rings is 1. The Morgan fingerprint density at radius 2 is 1.95 bits per heavy atom. The van der Waals surface area contributed by atoms with Crippen molar-refractivity contribution in [2.24, 2.45) is 0 Å². The maximum absolute atomic E-state index is 9.12. The number of benzene rings is 1. The molecule has 106 valence electrons. The minimum absolute atomic E-state index is 0.0967. The Morgan fingerprint density at radius 1 is 1.14 bits per heavy atom. The molecular weight excluding hydrogens is 296 g/mol. The van der Waals surface area contributed by atoms with E-state index in [1.54, 1.807) is 6.08 Å². The Hall–Kier alpha value is -3.02. The van der Waals surface area contributed by atoms with Crippen LogP contribution in [0.3, 0.4) is 0 Å². The second kappa shape index (κ2) is 6.17. The third kappa shape index (κ3) is 2.71. The van der Waals surface area contributed by atoms with E-state index in [4.69, 9.17) is 20.0 Å². The number of rotatable bonds is 3. The van der Waals surface area contributed by atoms with Crippen LogP contribution in [0.15, 0.2) is 47.4 Å². The van der Waals surface area contributed by atoms with Gasteiger partial charge in [-0.05, 0) is 29.1 Å². The lowest BCUT2D eigenvalue weighted by molar-refractivity contribution is 0.174. The fourth-order valence-corrected chi connectivity index (χ4v) is 2.82. The number of hydrogen-bond donors (Lipinski definition) is 0. The maximum Gasteiger partial charge on any atom is 0.231 e. The molecule has 3 rings (SSSR count). The topological polar surface area (TPSA) is 66.0 Å². The van der Waals surface area contributed by atoms with E-state index < -0.39 is 0 Å². The molecule has 0 radical (unpaired) electrons. The van der Waals surface area contributed by atoms with E-state index in [1.807, 2.05) is 53.9 Å². The van der Waals surface area contributed by atoms with Crippen LogP contribution in [0.5, 0.6) is 11.5 Å². The highest BCUT2D eigenvalue weighted by Crippen LogP contribution is 2.33. The normalized spacial score (nSPS) is 11.9. The van der Waals surface area contributed by atoms with E-state index >= 15 is 0 Å². The highest BCUT2D eigenvalue weighted by Gasteiger charge is 2.12. The molecule has 0 amide bonds. The van der Waals surface area contributed by atoms with Gasteiger partial charge in [-0.3, -0.25) is 0 Å². The van der Waals surface area contributed by atoms with Crippen LogP contribution in [0, 0.1) is 22.7 Å². The summed E-state index contributed by atoms with van der Waals surface area (Å²) in [4.78, 5) is 0.884. The van der Waals surface area contributed by atoms with Crippen LogP contribution < -0.4 is 9.47 Å². The molecular formula is C17H10N2O2S. The van der Waals surface area contributed by atoms with Gasteiger partial charge in [-0.1, -0.05) is 24.3 Å². The van der Waals surface area contributed by atoms with Gasteiger partial charge < -0.3 is 9.47 Å². The van der Waals surface area contributed by atoms with Crippen LogP contribution in [-0.4, -0.2) is 6.79 Å². The predicted molar refractivity (Wildman–Crippen MR) is 84.1 cm³/mol. The molecule has 2 aromatic rings. The fraction of sp³-hybridized carbons (Fsp3) is 0.0588. The van der Waals surface area contributed by atoms with Gasteiger partial charge in [0, 0.05) is 10.5 Å². The van der Waals surface area contributed by atoms with Crippen molar-refractivity contribution >= 4 is 23.0 Å². The Balaban J connectivity index is 1.96. The predicted octanol–water partition coefficient (Wildman–Crippen LogP) is 3.99. The van der Waals surface area contributed by atoms with Gasteiger partial charge in [-0.2, -0.15) is 10.5 Å². The quantitative estimate of drug-likeness (QED) is 0.635. The number of allylic oxidation sites excluding steroid dienone is 3. The van der Waals surface area contributed by atoms with Crippen LogP contribution in [-0.2, 0) is 0 Å². The van der Waals surface area contributed by atoms with Crippen LogP contribution in [0.4, 0.5) is 0 Å². The number of ether oxygens (including phenoxy) is 2. The Bertz CT molecular complexity index is 821. The summed E-state index contributed by atoms with van der Waals surface area (Å²) in [6.07, 6.45) is 3.64. The fourth-order valence-electron chi connectivity index (χ4n) is 2.06. The highest BCUT2D eigenvalue weighted by atomic mass is 32.1. The third-order valence-electron chi connectivity index (χ3n) is 3.12. The SMILES string of the molecule is N#CC(C#N)=C(/C=C/c1ccc2c(c1)OCO2)c1cccs1. The molecule has 0 unspecified atom stereocenters. The molecule has 0 aliphatic carbocycles. The minimum Gasteiger partial charge on any atom is -0.454 e. The lowest BCUT2D eigenvalue weighted by atomic mass is 10.1. The average Bonchev–Trinajstić information content (AvgIpc) is 3.22. The first-order valence-corrected chi connectivity index (χ1v) is 7.36. The Morgan fingerprint density at radius 3 is 2.68 bits per heavy atom. The van der Waals surface area contributed by atoms with Crippen molar-refractivity contribution in [3.63, 3.8) is 0 Å². The lowest BCUT2D eigenvalue weighted by Gasteiger charge is -2.00. The Kier molecular flexibility index (Phi) is 3.91. The van der Waals surface area contributed by atoms with Gasteiger partial charge in [0.1, 0.15) is 17.7 Å². The molecule has 0 N–H and O–H groups in total. The zero-order chi connectivity index (χ0) is 15.4.